The number of non-ortho nitro benzene ring substituents is 1. The SMILES string of the molecule is COc1ccc(Br)cc1[C@@H]1[C@H]2C(=O)N(c3ccc([N+](=O)[O-])cc3)C(=O)[C@H]2ON1c1ccccc1. The first-order chi connectivity index (χ1) is 16.4. The number of amides is 2. The highest BCUT2D eigenvalue weighted by atomic mass is 79.9. The topological polar surface area (TPSA) is 102 Å². The second-order valence-electron chi connectivity index (χ2n) is 7.83. The summed E-state index contributed by atoms with van der Waals surface area (Å²) in [5.41, 5.74) is 1.49. The second-order valence-corrected chi connectivity index (χ2v) is 8.75. The third-order valence-corrected chi connectivity index (χ3v) is 6.45. The molecule has 34 heavy (non-hydrogen) atoms. The van der Waals surface area contributed by atoms with Gasteiger partial charge in [0.15, 0.2) is 6.10 Å². The monoisotopic (exact) mass is 523 g/mol. The van der Waals surface area contributed by atoms with Crippen molar-refractivity contribution in [3.05, 3.63) is 92.9 Å². The molecule has 0 aliphatic carbocycles. The Morgan fingerprint density at radius 2 is 1.68 bits per heavy atom. The molecule has 3 aromatic rings. The number of hydroxylamine groups is 1. The van der Waals surface area contributed by atoms with Crippen molar-refractivity contribution < 1.29 is 24.1 Å². The molecule has 0 saturated carbocycles. The number of para-hydroxylation sites is 1. The van der Waals surface area contributed by atoms with E-state index >= 15 is 0 Å². The van der Waals surface area contributed by atoms with Gasteiger partial charge in [0.05, 0.1) is 29.4 Å². The summed E-state index contributed by atoms with van der Waals surface area (Å²) >= 11 is 3.48. The Kier molecular flexibility index (Phi) is 5.54. The number of nitro benzene ring substituents is 1. The minimum Gasteiger partial charge on any atom is -0.496 e. The Labute approximate surface area is 202 Å². The van der Waals surface area contributed by atoms with E-state index in [1.165, 1.54) is 31.4 Å². The van der Waals surface area contributed by atoms with Gasteiger partial charge in [0.2, 0.25) is 5.91 Å². The van der Waals surface area contributed by atoms with Crippen molar-refractivity contribution in [2.45, 2.75) is 12.1 Å². The summed E-state index contributed by atoms with van der Waals surface area (Å²) in [6.07, 6.45) is -1.06. The van der Waals surface area contributed by atoms with Crippen LogP contribution in [0.5, 0.6) is 5.75 Å². The van der Waals surface area contributed by atoms with Crippen LogP contribution in [0.1, 0.15) is 11.6 Å². The molecule has 0 N–H and O–H groups in total. The molecular formula is C24H18BrN3O6. The molecule has 2 amide bonds. The van der Waals surface area contributed by atoms with Crippen molar-refractivity contribution in [1.82, 2.24) is 0 Å². The van der Waals surface area contributed by atoms with E-state index in [1.54, 1.807) is 11.1 Å². The van der Waals surface area contributed by atoms with Gasteiger partial charge in [-0.1, -0.05) is 34.1 Å². The largest absolute Gasteiger partial charge is 0.496 e. The Morgan fingerprint density at radius 3 is 2.32 bits per heavy atom. The van der Waals surface area contributed by atoms with E-state index in [0.717, 1.165) is 9.37 Å². The van der Waals surface area contributed by atoms with E-state index in [2.05, 4.69) is 15.9 Å². The van der Waals surface area contributed by atoms with Gasteiger partial charge in [-0.25, -0.2) is 9.96 Å². The van der Waals surface area contributed by atoms with Crippen LogP contribution in [0.3, 0.4) is 0 Å². The van der Waals surface area contributed by atoms with Gasteiger partial charge in [-0.2, -0.15) is 0 Å². The molecule has 0 bridgehead atoms. The summed E-state index contributed by atoms with van der Waals surface area (Å²) in [7, 11) is 1.54. The highest BCUT2D eigenvalue weighted by Crippen LogP contribution is 2.50. The number of hydrogen-bond donors (Lipinski definition) is 0. The second kappa shape index (κ2) is 8.54. The van der Waals surface area contributed by atoms with E-state index in [1.807, 2.05) is 42.5 Å². The van der Waals surface area contributed by atoms with Crippen molar-refractivity contribution in [1.29, 1.82) is 0 Å². The lowest BCUT2D eigenvalue weighted by Crippen LogP contribution is -2.37. The zero-order valence-electron chi connectivity index (χ0n) is 17.8. The summed E-state index contributed by atoms with van der Waals surface area (Å²) in [6.45, 7) is 0. The molecule has 2 aliphatic heterocycles. The first-order valence-corrected chi connectivity index (χ1v) is 11.2. The zero-order valence-corrected chi connectivity index (χ0v) is 19.4. The minimum absolute atomic E-state index is 0.133. The van der Waals surface area contributed by atoms with Gasteiger partial charge in [0.25, 0.3) is 11.6 Å². The molecule has 2 saturated heterocycles. The van der Waals surface area contributed by atoms with Gasteiger partial charge in [-0.05, 0) is 42.5 Å². The number of anilines is 2. The fourth-order valence-electron chi connectivity index (χ4n) is 4.44. The van der Waals surface area contributed by atoms with Crippen LogP contribution in [-0.2, 0) is 14.4 Å². The molecule has 172 valence electrons. The number of benzene rings is 3. The number of carbonyl (C=O) groups excluding carboxylic acids is 2. The quantitative estimate of drug-likeness (QED) is 0.277. The Balaban J connectivity index is 1.60. The number of methoxy groups -OCH3 is 1. The lowest BCUT2D eigenvalue weighted by Gasteiger charge is -2.29. The van der Waals surface area contributed by atoms with Crippen molar-refractivity contribution in [2.75, 3.05) is 17.1 Å². The maximum Gasteiger partial charge on any atom is 0.269 e. The molecule has 0 radical (unpaired) electrons. The van der Waals surface area contributed by atoms with Gasteiger partial charge in [-0.3, -0.25) is 24.5 Å². The predicted octanol–water partition coefficient (Wildman–Crippen LogP) is 4.42. The number of imide groups is 1. The smallest absolute Gasteiger partial charge is 0.269 e. The lowest BCUT2D eigenvalue weighted by molar-refractivity contribution is -0.384. The first-order valence-electron chi connectivity index (χ1n) is 10.4. The van der Waals surface area contributed by atoms with E-state index in [-0.39, 0.29) is 11.4 Å². The summed E-state index contributed by atoms with van der Waals surface area (Å²) in [5.74, 6) is -1.28. The number of halogens is 1. The number of nitro groups is 1. The number of rotatable bonds is 5. The first kappa shape index (κ1) is 22.1. The summed E-state index contributed by atoms with van der Waals surface area (Å²) in [4.78, 5) is 44.7. The molecule has 0 unspecified atom stereocenters. The van der Waals surface area contributed by atoms with Crippen molar-refractivity contribution in [3.63, 3.8) is 0 Å². The molecule has 3 atom stereocenters. The lowest BCUT2D eigenvalue weighted by atomic mass is 9.90. The van der Waals surface area contributed by atoms with Crippen LogP contribution >= 0.6 is 15.9 Å². The predicted molar refractivity (Wildman–Crippen MR) is 126 cm³/mol. The van der Waals surface area contributed by atoms with Crippen LogP contribution in [0, 0.1) is 16.0 Å². The summed E-state index contributed by atoms with van der Waals surface area (Å²) < 4.78 is 6.36. The van der Waals surface area contributed by atoms with Crippen LogP contribution < -0.4 is 14.7 Å². The zero-order chi connectivity index (χ0) is 24.0. The molecule has 10 heteroatoms. The molecule has 3 aromatic carbocycles. The summed E-state index contributed by atoms with van der Waals surface area (Å²) in [6, 6.07) is 19.3. The Hall–Kier alpha value is -3.76. The molecule has 0 aromatic heterocycles. The fraction of sp³-hybridized carbons (Fsp3) is 0.167. The fourth-order valence-corrected chi connectivity index (χ4v) is 4.82. The Morgan fingerprint density at radius 1 is 0.971 bits per heavy atom. The van der Waals surface area contributed by atoms with Crippen LogP contribution in [0.25, 0.3) is 0 Å². The molecule has 5 rings (SSSR count). The van der Waals surface area contributed by atoms with Crippen molar-refractivity contribution in [3.8, 4) is 5.75 Å². The molecule has 2 heterocycles. The standard InChI is InChI=1S/C24H18BrN3O6/c1-33-19-12-7-14(25)13-18(19)21-20-22(34-27(21)16-5-3-2-4-6-16)24(30)26(23(20)29)15-8-10-17(11-9-15)28(31)32/h2-13,20-22H,1H3/t20-,21-,22+/m1/s1. The van der Waals surface area contributed by atoms with Crippen LogP contribution in [0.2, 0.25) is 0 Å². The average molecular weight is 524 g/mol. The Bertz CT molecular complexity index is 1280. The van der Waals surface area contributed by atoms with Crippen LogP contribution in [-0.4, -0.2) is 30.0 Å². The molecule has 9 nitrogen and oxygen atoms in total. The third-order valence-electron chi connectivity index (χ3n) is 5.96. The maximum absolute atomic E-state index is 13.7. The summed E-state index contributed by atoms with van der Waals surface area (Å²) in [5, 5.41) is 12.6. The van der Waals surface area contributed by atoms with E-state index in [9.17, 15) is 19.7 Å². The van der Waals surface area contributed by atoms with Gasteiger partial charge < -0.3 is 4.74 Å². The van der Waals surface area contributed by atoms with Crippen molar-refractivity contribution >= 4 is 44.8 Å². The van der Waals surface area contributed by atoms with E-state index < -0.39 is 34.8 Å². The number of nitrogens with zero attached hydrogens (tertiary/aromatic N) is 3. The van der Waals surface area contributed by atoms with Crippen molar-refractivity contribution in [2.24, 2.45) is 5.92 Å². The molecule has 2 fully saturated rings. The number of ether oxygens (including phenoxy) is 1. The van der Waals surface area contributed by atoms with Gasteiger partial charge in [-0.15, -0.1) is 0 Å². The highest BCUT2D eigenvalue weighted by molar-refractivity contribution is 9.10. The average Bonchev–Trinajstić information content (AvgIpc) is 3.35. The van der Waals surface area contributed by atoms with Gasteiger partial charge >= 0.3 is 0 Å². The number of fused-ring (bicyclic) bond motifs is 1. The van der Waals surface area contributed by atoms with Crippen LogP contribution in [0.4, 0.5) is 17.1 Å². The van der Waals surface area contributed by atoms with Crippen LogP contribution in [0.15, 0.2) is 77.3 Å². The molecular weight excluding hydrogens is 506 g/mol. The highest BCUT2D eigenvalue weighted by Gasteiger charge is 2.60. The number of hydrogen-bond acceptors (Lipinski definition) is 7. The minimum atomic E-state index is -1.06. The normalized spacial score (nSPS) is 21.6. The third kappa shape index (κ3) is 3.51. The van der Waals surface area contributed by atoms with Gasteiger partial charge in [0.1, 0.15) is 11.7 Å². The number of carbonyl (C=O) groups is 2. The molecule has 0 spiro atoms. The molecule has 2 aliphatic rings. The maximum atomic E-state index is 13.7. The van der Waals surface area contributed by atoms with Gasteiger partial charge in [0, 0.05) is 22.2 Å². The van der Waals surface area contributed by atoms with E-state index in [0.29, 0.717) is 17.0 Å². The van der Waals surface area contributed by atoms with E-state index in [4.69, 9.17) is 9.57 Å².